The van der Waals surface area contributed by atoms with E-state index in [1.807, 2.05) is 13.8 Å². The van der Waals surface area contributed by atoms with Crippen LogP contribution in [0.25, 0.3) is 0 Å². The molecule has 0 aliphatic carbocycles. The van der Waals surface area contributed by atoms with Gasteiger partial charge >= 0.3 is 0 Å². The molecule has 1 aromatic carbocycles. The summed E-state index contributed by atoms with van der Waals surface area (Å²) in [6.07, 6.45) is 0.337. The molecule has 0 fully saturated rings. The number of halogens is 3. The Balaban J connectivity index is 3.04. The van der Waals surface area contributed by atoms with E-state index in [9.17, 15) is 8.78 Å². The fourth-order valence-electron chi connectivity index (χ4n) is 1.60. The fraction of sp³-hybridized carbons (Fsp3) is 0.500. The minimum atomic E-state index is -0.989. The smallest absolute Gasteiger partial charge is 0.165 e. The van der Waals surface area contributed by atoms with Gasteiger partial charge in [-0.05, 0) is 32.4 Å². The zero-order valence-corrected chi connectivity index (χ0v) is 10.8. The zero-order chi connectivity index (χ0) is 13.2. The van der Waals surface area contributed by atoms with Crippen molar-refractivity contribution < 1.29 is 13.5 Å². The quantitative estimate of drug-likeness (QED) is 0.845. The first kappa shape index (κ1) is 14.4. The maximum absolute atomic E-state index is 13.6. The van der Waals surface area contributed by atoms with Gasteiger partial charge in [-0.1, -0.05) is 11.6 Å². The molecule has 1 aromatic rings. The van der Waals surface area contributed by atoms with Crippen molar-refractivity contribution in [2.24, 2.45) is 5.73 Å². The van der Waals surface area contributed by atoms with Crippen molar-refractivity contribution in [3.63, 3.8) is 0 Å². The van der Waals surface area contributed by atoms with Crippen LogP contribution in [0.5, 0.6) is 0 Å². The summed E-state index contributed by atoms with van der Waals surface area (Å²) >= 11 is 5.84. The van der Waals surface area contributed by atoms with Gasteiger partial charge in [-0.25, -0.2) is 8.78 Å². The molecule has 0 bridgehead atoms. The summed E-state index contributed by atoms with van der Waals surface area (Å²) in [5.41, 5.74) is 5.33. The Labute approximate surface area is 105 Å². The summed E-state index contributed by atoms with van der Waals surface area (Å²) in [4.78, 5) is 0. The van der Waals surface area contributed by atoms with Crippen molar-refractivity contribution in [1.82, 2.24) is 0 Å². The maximum Gasteiger partial charge on any atom is 0.165 e. The van der Waals surface area contributed by atoms with Crippen LogP contribution >= 0.6 is 11.6 Å². The summed E-state index contributed by atoms with van der Waals surface area (Å²) in [5, 5.41) is 0.128. The number of hydrogen-bond acceptors (Lipinski definition) is 2. The number of methoxy groups -OCH3 is 1. The molecule has 1 atom stereocenters. The molecular weight excluding hydrogens is 248 g/mol. The third kappa shape index (κ3) is 3.37. The molecule has 0 aliphatic rings. The SMILES string of the molecule is COC(C)(C)CC(N)c1c(Cl)ccc(F)c1F. The first-order chi connectivity index (χ1) is 7.78. The van der Waals surface area contributed by atoms with Crippen LogP contribution in [-0.2, 0) is 4.74 Å². The lowest BCUT2D eigenvalue weighted by Gasteiger charge is -2.27. The van der Waals surface area contributed by atoms with Crippen LogP contribution < -0.4 is 5.73 Å². The molecular formula is C12H16ClF2NO. The molecule has 2 nitrogen and oxygen atoms in total. The molecule has 0 spiro atoms. The van der Waals surface area contributed by atoms with Crippen molar-refractivity contribution in [2.75, 3.05) is 7.11 Å². The molecule has 96 valence electrons. The van der Waals surface area contributed by atoms with Crippen molar-refractivity contribution in [1.29, 1.82) is 0 Å². The second-order valence-electron chi connectivity index (χ2n) is 4.53. The lowest BCUT2D eigenvalue weighted by atomic mass is 9.94. The van der Waals surface area contributed by atoms with E-state index in [1.165, 1.54) is 13.2 Å². The molecule has 0 saturated heterocycles. The lowest BCUT2D eigenvalue weighted by Crippen LogP contribution is -2.29. The summed E-state index contributed by atoms with van der Waals surface area (Å²) in [7, 11) is 1.54. The average Bonchev–Trinajstić information content (AvgIpc) is 2.23. The third-order valence-corrected chi connectivity index (χ3v) is 3.04. The molecule has 5 heteroatoms. The highest BCUT2D eigenvalue weighted by atomic mass is 35.5. The molecule has 0 heterocycles. The minimum absolute atomic E-state index is 0.00297. The summed E-state index contributed by atoms with van der Waals surface area (Å²) < 4.78 is 31.9. The van der Waals surface area contributed by atoms with Gasteiger partial charge in [0.1, 0.15) is 0 Å². The van der Waals surface area contributed by atoms with Crippen LogP contribution in [0, 0.1) is 11.6 Å². The van der Waals surface area contributed by atoms with E-state index in [-0.39, 0.29) is 10.6 Å². The van der Waals surface area contributed by atoms with E-state index >= 15 is 0 Å². The number of benzene rings is 1. The van der Waals surface area contributed by atoms with E-state index in [2.05, 4.69) is 0 Å². The van der Waals surface area contributed by atoms with Gasteiger partial charge < -0.3 is 10.5 Å². The second kappa shape index (κ2) is 5.29. The van der Waals surface area contributed by atoms with Gasteiger partial charge in [-0.2, -0.15) is 0 Å². The van der Waals surface area contributed by atoms with Gasteiger partial charge in [0.15, 0.2) is 11.6 Å². The number of nitrogens with two attached hydrogens (primary N) is 1. The molecule has 1 unspecified atom stereocenters. The Hall–Kier alpha value is -0.710. The molecule has 0 radical (unpaired) electrons. The molecule has 0 aliphatic heterocycles. The molecule has 17 heavy (non-hydrogen) atoms. The van der Waals surface area contributed by atoms with E-state index < -0.39 is 23.3 Å². The number of rotatable bonds is 4. The van der Waals surface area contributed by atoms with E-state index in [1.54, 1.807) is 0 Å². The predicted molar refractivity (Wildman–Crippen MR) is 64.0 cm³/mol. The average molecular weight is 264 g/mol. The van der Waals surface area contributed by atoms with Crippen LogP contribution in [0.2, 0.25) is 5.02 Å². The van der Waals surface area contributed by atoms with Crippen LogP contribution in [0.15, 0.2) is 12.1 Å². The second-order valence-corrected chi connectivity index (χ2v) is 4.94. The Kier molecular flexibility index (Phi) is 4.47. The lowest BCUT2D eigenvalue weighted by molar-refractivity contribution is 0.00970. The predicted octanol–water partition coefficient (Wildman–Crippen LogP) is 3.43. The normalized spacial score (nSPS) is 13.8. The van der Waals surface area contributed by atoms with Crippen LogP contribution in [0.4, 0.5) is 8.78 Å². The van der Waals surface area contributed by atoms with Crippen LogP contribution in [-0.4, -0.2) is 12.7 Å². The van der Waals surface area contributed by atoms with Gasteiger partial charge in [0.25, 0.3) is 0 Å². The molecule has 1 rings (SSSR count). The molecule has 0 saturated carbocycles. The third-order valence-electron chi connectivity index (χ3n) is 2.71. The Bertz CT molecular complexity index is 410. The van der Waals surface area contributed by atoms with Gasteiger partial charge in [-0.3, -0.25) is 0 Å². The topological polar surface area (TPSA) is 35.2 Å². The molecule has 2 N–H and O–H groups in total. The monoisotopic (exact) mass is 263 g/mol. The van der Waals surface area contributed by atoms with E-state index in [0.29, 0.717) is 6.42 Å². The van der Waals surface area contributed by atoms with Gasteiger partial charge in [0.2, 0.25) is 0 Å². The van der Waals surface area contributed by atoms with Crippen molar-refractivity contribution in [3.05, 3.63) is 34.4 Å². The van der Waals surface area contributed by atoms with Gasteiger partial charge in [-0.15, -0.1) is 0 Å². The highest BCUT2D eigenvalue weighted by molar-refractivity contribution is 6.31. The summed E-state index contributed by atoms with van der Waals surface area (Å²) in [6, 6.07) is 1.57. The zero-order valence-electron chi connectivity index (χ0n) is 10.1. The summed E-state index contributed by atoms with van der Waals surface area (Å²) in [6.45, 7) is 3.63. The van der Waals surface area contributed by atoms with Crippen LogP contribution in [0.1, 0.15) is 31.9 Å². The Morgan fingerprint density at radius 2 is 2.00 bits per heavy atom. The minimum Gasteiger partial charge on any atom is -0.379 e. The Morgan fingerprint density at radius 3 is 2.53 bits per heavy atom. The van der Waals surface area contributed by atoms with Crippen molar-refractivity contribution >= 4 is 11.6 Å². The number of ether oxygens (including phenoxy) is 1. The summed E-state index contributed by atoms with van der Waals surface area (Å²) in [5.74, 6) is -1.94. The van der Waals surface area contributed by atoms with Crippen LogP contribution in [0.3, 0.4) is 0 Å². The van der Waals surface area contributed by atoms with Gasteiger partial charge in [0, 0.05) is 23.7 Å². The molecule has 0 aromatic heterocycles. The first-order valence-electron chi connectivity index (χ1n) is 5.22. The standard InChI is InChI=1S/C12H16ClF2NO/c1-12(2,17-3)6-9(16)10-7(13)4-5-8(14)11(10)15/h4-5,9H,6,16H2,1-3H3. The highest BCUT2D eigenvalue weighted by Gasteiger charge is 2.26. The molecule has 0 amide bonds. The van der Waals surface area contributed by atoms with E-state index in [0.717, 1.165) is 6.07 Å². The number of hydrogen-bond donors (Lipinski definition) is 1. The first-order valence-corrected chi connectivity index (χ1v) is 5.60. The van der Waals surface area contributed by atoms with Crippen molar-refractivity contribution in [2.45, 2.75) is 31.9 Å². The highest BCUT2D eigenvalue weighted by Crippen LogP contribution is 2.31. The van der Waals surface area contributed by atoms with Gasteiger partial charge in [0.05, 0.1) is 5.60 Å². The maximum atomic E-state index is 13.6. The van der Waals surface area contributed by atoms with E-state index in [4.69, 9.17) is 22.1 Å². The fourth-order valence-corrected chi connectivity index (χ4v) is 1.88. The Morgan fingerprint density at radius 1 is 1.41 bits per heavy atom. The largest absolute Gasteiger partial charge is 0.379 e. The van der Waals surface area contributed by atoms with Crippen molar-refractivity contribution in [3.8, 4) is 0 Å².